The first kappa shape index (κ1) is 16.9. The van der Waals surface area contributed by atoms with Gasteiger partial charge in [-0.05, 0) is 35.7 Å². The van der Waals surface area contributed by atoms with Gasteiger partial charge in [-0.2, -0.15) is 0 Å². The van der Waals surface area contributed by atoms with E-state index in [1.165, 1.54) is 0 Å². The number of hydrogen-bond donors (Lipinski definition) is 2. The van der Waals surface area contributed by atoms with E-state index in [9.17, 15) is 14.7 Å². The minimum absolute atomic E-state index is 0.103. The molecule has 6 heteroatoms. The highest BCUT2D eigenvalue weighted by molar-refractivity contribution is 9.10. The Balaban J connectivity index is 1.95. The summed E-state index contributed by atoms with van der Waals surface area (Å²) in [6.07, 6.45) is 0.891. The van der Waals surface area contributed by atoms with Crippen molar-refractivity contribution in [2.24, 2.45) is 0 Å². The number of carboxylic acid groups (broad SMARTS) is 1. The second-order valence-electron chi connectivity index (χ2n) is 6.09. The molecule has 0 spiro atoms. The van der Waals surface area contributed by atoms with Crippen LogP contribution in [-0.4, -0.2) is 35.7 Å². The molecule has 1 aliphatic rings. The van der Waals surface area contributed by atoms with Gasteiger partial charge in [-0.15, -0.1) is 0 Å². The minimum atomic E-state index is -0.920. The third-order valence-electron chi connectivity index (χ3n) is 4.39. The van der Waals surface area contributed by atoms with E-state index in [1.807, 2.05) is 30.3 Å². The lowest BCUT2D eigenvalue weighted by Crippen LogP contribution is -2.53. The Kier molecular flexibility index (Phi) is 4.87. The maximum Gasteiger partial charge on any atom is 0.305 e. The fourth-order valence-electron chi connectivity index (χ4n) is 3.17. The number of rotatable bonds is 4. The number of fused-ring (bicyclic) bond motifs is 1. The van der Waals surface area contributed by atoms with Crippen LogP contribution in [0.25, 0.3) is 10.8 Å². The fraction of sp³-hybridized carbons (Fsp3) is 0.333. The van der Waals surface area contributed by atoms with Gasteiger partial charge in [0.1, 0.15) is 0 Å². The summed E-state index contributed by atoms with van der Waals surface area (Å²) in [5.41, 5.74) is -0.221. The summed E-state index contributed by atoms with van der Waals surface area (Å²) in [6, 6.07) is 11.4. The first-order valence-electron chi connectivity index (χ1n) is 7.79. The van der Waals surface area contributed by atoms with Crippen molar-refractivity contribution >= 4 is 38.6 Å². The number of ether oxygens (including phenoxy) is 1. The molecule has 3 rings (SSSR count). The summed E-state index contributed by atoms with van der Waals surface area (Å²) in [6.45, 7) is 0.902. The van der Waals surface area contributed by atoms with Crippen molar-refractivity contribution in [2.45, 2.75) is 24.8 Å². The summed E-state index contributed by atoms with van der Waals surface area (Å²) < 4.78 is 6.14. The molecule has 0 unspecified atom stereocenters. The molecular weight excluding hydrogens is 374 g/mol. The van der Waals surface area contributed by atoms with Gasteiger partial charge in [0.15, 0.2) is 0 Å². The summed E-state index contributed by atoms with van der Waals surface area (Å²) in [5.74, 6) is -1.17. The zero-order chi connectivity index (χ0) is 17.2. The maximum atomic E-state index is 12.9. The molecule has 1 saturated heterocycles. The molecule has 0 radical (unpaired) electrons. The second-order valence-corrected chi connectivity index (χ2v) is 7.01. The van der Waals surface area contributed by atoms with Crippen molar-refractivity contribution in [3.8, 4) is 0 Å². The Morgan fingerprint density at radius 1 is 1.21 bits per heavy atom. The number of carboxylic acids is 1. The number of amides is 1. The van der Waals surface area contributed by atoms with Crippen molar-refractivity contribution in [2.75, 3.05) is 13.2 Å². The third-order valence-corrected chi connectivity index (χ3v) is 4.85. The highest BCUT2D eigenvalue weighted by Gasteiger charge is 2.36. The number of carbonyl (C=O) groups is 2. The smallest absolute Gasteiger partial charge is 0.305 e. The number of hydrogen-bond acceptors (Lipinski definition) is 3. The monoisotopic (exact) mass is 391 g/mol. The first-order valence-corrected chi connectivity index (χ1v) is 8.59. The van der Waals surface area contributed by atoms with Crippen LogP contribution in [0.15, 0.2) is 40.9 Å². The average molecular weight is 392 g/mol. The molecule has 1 heterocycles. The lowest BCUT2D eigenvalue weighted by molar-refractivity contribution is -0.139. The molecule has 5 nitrogen and oxygen atoms in total. The lowest BCUT2D eigenvalue weighted by Gasteiger charge is -2.37. The SMILES string of the molecule is O=C(O)CC1(NC(=O)c2cc(Br)cc3ccccc23)CCOCC1. The molecular formula is C18H18BrNO4. The highest BCUT2D eigenvalue weighted by atomic mass is 79.9. The van der Waals surface area contributed by atoms with E-state index < -0.39 is 11.5 Å². The zero-order valence-electron chi connectivity index (χ0n) is 13.0. The Morgan fingerprint density at radius 2 is 1.92 bits per heavy atom. The number of halogens is 1. The molecule has 1 amide bonds. The quantitative estimate of drug-likeness (QED) is 0.837. The van der Waals surface area contributed by atoms with Gasteiger partial charge >= 0.3 is 5.97 Å². The van der Waals surface area contributed by atoms with Gasteiger partial charge in [0.25, 0.3) is 5.91 Å². The highest BCUT2D eigenvalue weighted by Crippen LogP contribution is 2.28. The number of aliphatic carboxylic acids is 1. The van der Waals surface area contributed by atoms with Gasteiger partial charge in [-0.25, -0.2) is 0 Å². The topological polar surface area (TPSA) is 75.6 Å². The zero-order valence-corrected chi connectivity index (χ0v) is 14.6. The maximum absolute atomic E-state index is 12.9. The standard InChI is InChI=1S/C18H18BrNO4/c19-13-9-12-3-1-2-4-14(12)15(10-13)17(23)20-18(11-16(21)22)5-7-24-8-6-18/h1-4,9-10H,5-8,11H2,(H,20,23)(H,21,22). The van der Waals surface area contributed by atoms with Crippen molar-refractivity contribution in [3.63, 3.8) is 0 Å². The van der Waals surface area contributed by atoms with Gasteiger partial charge in [0.2, 0.25) is 0 Å². The molecule has 1 aliphatic heterocycles. The summed E-state index contributed by atoms with van der Waals surface area (Å²) in [5, 5.41) is 14.0. The Hall–Kier alpha value is -1.92. The Bertz CT molecular complexity index is 784. The van der Waals surface area contributed by atoms with Crippen molar-refractivity contribution in [1.29, 1.82) is 0 Å². The summed E-state index contributed by atoms with van der Waals surface area (Å²) in [7, 11) is 0. The first-order chi connectivity index (χ1) is 11.5. The molecule has 0 saturated carbocycles. The predicted molar refractivity (Wildman–Crippen MR) is 94.2 cm³/mol. The molecule has 2 N–H and O–H groups in total. The van der Waals surface area contributed by atoms with E-state index in [1.54, 1.807) is 6.07 Å². The number of nitrogens with one attached hydrogen (secondary N) is 1. The van der Waals surface area contributed by atoms with Gasteiger partial charge in [-0.3, -0.25) is 9.59 Å². The Morgan fingerprint density at radius 3 is 2.62 bits per heavy atom. The molecule has 1 fully saturated rings. The second kappa shape index (κ2) is 6.91. The van der Waals surface area contributed by atoms with Crippen LogP contribution < -0.4 is 5.32 Å². The van der Waals surface area contributed by atoms with Crippen LogP contribution in [0.3, 0.4) is 0 Å². The average Bonchev–Trinajstić information content (AvgIpc) is 2.53. The van der Waals surface area contributed by atoms with Gasteiger partial charge in [0.05, 0.1) is 12.0 Å². The molecule has 2 aromatic carbocycles. The molecule has 0 atom stereocenters. The van der Waals surface area contributed by atoms with E-state index in [2.05, 4.69) is 21.2 Å². The van der Waals surface area contributed by atoms with Crippen LogP contribution >= 0.6 is 15.9 Å². The Labute approximate surface area is 148 Å². The van der Waals surface area contributed by atoms with Crippen molar-refractivity contribution < 1.29 is 19.4 Å². The summed E-state index contributed by atoms with van der Waals surface area (Å²) in [4.78, 5) is 24.2. The van der Waals surface area contributed by atoms with Crippen LogP contribution in [0.4, 0.5) is 0 Å². The molecule has 0 aromatic heterocycles. The van der Waals surface area contributed by atoms with Gasteiger partial charge in [-0.1, -0.05) is 40.2 Å². The van der Waals surface area contributed by atoms with E-state index in [-0.39, 0.29) is 12.3 Å². The van der Waals surface area contributed by atoms with Crippen LogP contribution in [0.1, 0.15) is 29.6 Å². The molecule has 0 bridgehead atoms. The summed E-state index contributed by atoms with van der Waals surface area (Å²) >= 11 is 3.44. The predicted octanol–water partition coefficient (Wildman–Crippen LogP) is 3.36. The molecule has 24 heavy (non-hydrogen) atoms. The molecule has 0 aliphatic carbocycles. The fourth-order valence-corrected chi connectivity index (χ4v) is 3.64. The van der Waals surface area contributed by atoms with E-state index >= 15 is 0 Å². The van der Waals surface area contributed by atoms with E-state index in [0.717, 1.165) is 15.2 Å². The normalized spacial score (nSPS) is 16.7. The van der Waals surface area contributed by atoms with E-state index in [0.29, 0.717) is 31.6 Å². The third kappa shape index (κ3) is 3.60. The minimum Gasteiger partial charge on any atom is -0.481 e. The van der Waals surface area contributed by atoms with Crippen molar-refractivity contribution in [1.82, 2.24) is 5.32 Å². The van der Waals surface area contributed by atoms with Gasteiger partial charge in [0, 0.05) is 23.2 Å². The number of benzene rings is 2. The largest absolute Gasteiger partial charge is 0.481 e. The van der Waals surface area contributed by atoms with Crippen LogP contribution in [0.5, 0.6) is 0 Å². The number of carbonyl (C=O) groups excluding carboxylic acids is 1. The van der Waals surface area contributed by atoms with Crippen molar-refractivity contribution in [3.05, 3.63) is 46.4 Å². The molecule has 126 valence electrons. The van der Waals surface area contributed by atoms with Gasteiger partial charge < -0.3 is 15.2 Å². The van der Waals surface area contributed by atoms with Crippen LogP contribution in [0, 0.1) is 0 Å². The van der Waals surface area contributed by atoms with E-state index in [4.69, 9.17) is 4.74 Å². The van der Waals surface area contributed by atoms with Crippen LogP contribution in [0.2, 0.25) is 0 Å². The molecule has 2 aromatic rings. The van der Waals surface area contributed by atoms with Crippen LogP contribution in [-0.2, 0) is 9.53 Å². The lowest BCUT2D eigenvalue weighted by atomic mass is 9.86.